The zero-order chi connectivity index (χ0) is 23.6. The van der Waals surface area contributed by atoms with Gasteiger partial charge in [0.05, 0.1) is 19.2 Å². The number of esters is 1. The number of rotatable bonds is 12. The molecule has 9 heteroatoms. The lowest BCUT2D eigenvalue weighted by Gasteiger charge is -2.21. The van der Waals surface area contributed by atoms with Gasteiger partial charge >= 0.3 is 5.97 Å². The first-order valence-electron chi connectivity index (χ1n) is 11.0. The highest BCUT2D eigenvalue weighted by Crippen LogP contribution is 2.30. The minimum atomic E-state index is -0.627. The molecule has 0 spiro atoms. The van der Waals surface area contributed by atoms with E-state index in [0.29, 0.717) is 25.5 Å². The summed E-state index contributed by atoms with van der Waals surface area (Å²) < 4.78 is 10.5. The molecule has 0 saturated carbocycles. The van der Waals surface area contributed by atoms with Crippen molar-refractivity contribution >= 4 is 34.3 Å². The van der Waals surface area contributed by atoms with Crippen LogP contribution in [0.15, 0.2) is 48.5 Å². The predicted molar refractivity (Wildman–Crippen MR) is 131 cm³/mol. The number of ether oxygens (including phenoxy) is 2. The number of methoxy groups -OCH3 is 1. The van der Waals surface area contributed by atoms with Gasteiger partial charge in [0.1, 0.15) is 24.2 Å². The molecule has 1 heterocycles. The first-order chi connectivity index (χ1) is 16.0. The van der Waals surface area contributed by atoms with Crippen LogP contribution in [-0.4, -0.2) is 55.8 Å². The number of hydrogen-bond donors (Lipinski definition) is 3. The van der Waals surface area contributed by atoms with Crippen molar-refractivity contribution in [1.82, 2.24) is 9.97 Å². The zero-order valence-electron chi connectivity index (χ0n) is 19.2. The van der Waals surface area contributed by atoms with Crippen molar-refractivity contribution in [2.45, 2.75) is 25.3 Å². The molecule has 176 valence electrons. The van der Waals surface area contributed by atoms with E-state index in [-0.39, 0.29) is 6.61 Å². The van der Waals surface area contributed by atoms with Crippen molar-refractivity contribution < 1.29 is 14.3 Å². The maximum absolute atomic E-state index is 12.0. The highest BCUT2D eigenvalue weighted by atomic mass is 16.5. The Morgan fingerprint density at radius 2 is 1.88 bits per heavy atom. The second-order valence-corrected chi connectivity index (χ2v) is 7.63. The van der Waals surface area contributed by atoms with Crippen molar-refractivity contribution in [3.8, 4) is 5.75 Å². The molecule has 0 fully saturated rings. The maximum atomic E-state index is 12.0. The number of nitrogens with zero attached hydrogens (tertiary/aromatic N) is 3. The number of anilines is 3. The van der Waals surface area contributed by atoms with Gasteiger partial charge < -0.3 is 31.2 Å². The molecule has 2 aromatic carbocycles. The van der Waals surface area contributed by atoms with Gasteiger partial charge in [0.15, 0.2) is 0 Å². The molecule has 1 aromatic heterocycles. The van der Waals surface area contributed by atoms with Crippen molar-refractivity contribution in [3.63, 3.8) is 0 Å². The lowest BCUT2D eigenvalue weighted by atomic mass is 10.1. The number of unbranched alkanes of at least 4 members (excludes halogenated alkanes) is 1. The maximum Gasteiger partial charge on any atom is 0.322 e. The topological polar surface area (TPSA) is 129 Å². The predicted octanol–water partition coefficient (Wildman–Crippen LogP) is 2.82. The third-order valence-electron chi connectivity index (χ3n) is 5.26. The van der Waals surface area contributed by atoms with Crippen LogP contribution in [0.2, 0.25) is 0 Å². The Kier molecular flexibility index (Phi) is 8.79. The molecule has 33 heavy (non-hydrogen) atoms. The molecule has 0 saturated heterocycles. The average Bonchev–Trinajstić information content (AvgIpc) is 2.85. The Labute approximate surface area is 194 Å². The molecule has 0 unspecified atom stereocenters. The number of carbonyl (C=O) groups is 1. The second-order valence-electron chi connectivity index (χ2n) is 7.63. The van der Waals surface area contributed by atoms with Crippen molar-refractivity contribution in [1.29, 1.82) is 0 Å². The minimum absolute atomic E-state index is 0.170. The standard InChI is InChI=1S/C24H32N6O3/c1-30(17-10-12-18(32-2)13-11-17)22-19-7-3-4-9-21(19)28-24(29-22)27-15-16-33-23(31)20(26)8-5-6-14-25/h3-4,7,9-13,20H,5-6,8,14-16,25-26H2,1-2H3,(H,27,28,29)/t20-/m0/s1. The molecule has 0 amide bonds. The number of aromatic nitrogens is 2. The Morgan fingerprint density at radius 1 is 1.12 bits per heavy atom. The fraction of sp³-hybridized carbons (Fsp3) is 0.375. The van der Waals surface area contributed by atoms with Crippen LogP contribution in [-0.2, 0) is 9.53 Å². The molecular weight excluding hydrogens is 420 g/mol. The van der Waals surface area contributed by atoms with Crippen molar-refractivity contribution in [2.24, 2.45) is 11.5 Å². The second kappa shape index (κ2) is 12.0. The monoisotopic (exact) mass is 452 g/mol. The zero-order valence-corrected chi connectivity index (χ0v) is 19.2. The Bertz CT molecular complexity index is 1040. The van der Waals surface area contributed by atoms with E-state index in [0.717, 1.165) is 41.0 Å². The van der Waals surface area contributed by atoms with Crippen LogP contribution in [0.5, 0.6) is 5.75 Å². The molecule has 0 aliphatic heterocycles. The van der Waals surface area contributed by atoms with Gasteiger partial charge in [-0.2, -0.15) is 4.98 Å². The summed E-state index contributed by atoms with van der Waals surface area (Å²) in [6, 6.07) is 14.9. The quantitative estimate of drug-likeness (QED) is 0.281. The van der Waals surface area contributed by atoms with Crippen LogP contribution in [0.25, 0.3) is 10.9 Å². The van der Waals surface area contributed by atoms with E-state index < -0.39 is 12.0 Å². The van der Waals surface area contributed by atoms with Crippen molar-refractivity contribution in [2.75, 3.05) is 44.1 Å². The summed E-state index contributed by atoms with van der Waals surface area (Å²) in [5, 5.41) is 4.07. The number of para-hydroxylation sites is 1. The molecule has 0 radical (unpaired) electrons. The molecule has 0 aliphatic rings. The summed E-state index contributed by atoms with van der Waals surface area (Å²) in [6.45, 7) is 1.13. The van der Waals surface area contributed by atoms with E-state index in [1.165, 1.54) is 0 Å². The van der Waals surface area contributed by atoms with Gasteiger partial charge in [0.25, 0.3) is 0 Å². The molecule has 1 atom stereocenters. The molecule has 9 nitrogen and oxygen atoms in total. The number of carbonyl (C=O) groups excluding carboxylic acids is 1. The van der Waals surface area contributed by atoms with Crippen LogP contribution in [0.1, 0.15) is 19.3 Å². The van der Waals surface area contributed by atoms with Crippen molar-refractivity contribution in [3.05, 3.63) is 48.5 Å². The number of nitrogens with one attached hydrogen (secondary N) is 1. The summed E-state index contributed by atoms with van der Waals surface area (Å²) >= 11 is 0. The first kappa shape index (κ1) is 24.2. The van der Waals surface area contributed by atoms with E-state index in [1.807, 2.05) is 60.5 Å². The summed E-state index contributed by atoms with van der Waals surface area (Å²) in [7, 11) is 3.59. The van der Waals surface area contributed by atoms with Crippen LogP contribution in [0.3, 0.4) is 0 Å². The molecule has 0 aliphatic carbocycles. The molecule has 0 bridgehead atoms. The largest absolute Gasteiger partial charge is 0.497 e. The van der Waals surface area contributed by atoms with E-state index in [2.05, 4.69) is 10.3 Å². The Balaban J connectivity index is 1.67. The van der Waals surface area contributed by atoms with Gasteiger partial charge in [-0.15, -0.1) is 0 Å². The highest BCUT2D eigenvalue weighted by Gasteiger charge is 2.15. The molecule has 3 rings (SSSR count). The van der Waals surface area contributed by atoms with Crippen LogP contribution in [0, 0.1) is 0 Å². The lowest BCUT2D eigenvalue weighted by molar-refractivity contribution is -0.145. The lowest BCUT2D eigenvalue weighted by Crippen LogP contribution is -2.33. The van der Waals surface area contributed by atoms with E-state index in [9.17, 15) is 4.79 Å². The summed E-state index contributed by atoms with van der Waals surface area (Å²) in [5.41, 5.74) is 13.1. The first-order valence-corrected chi connectivity index (χ1v) is 11.0. The summed E-state index contributed by atoms with van der Waals surface area (Å²) in [4.78, 5) is 23.3. The van der Waals surface area contributed by atoms with Gasteiger partial charge in [-0.05, 0) is 55.8 Å². The molecule has 5 N–H and O–H groups in total. The normalized spacial score (nSPS) is 11.8. The fourth-order valence-electron chi connectivity index (χ4n) is 3.37. The highest BCUT2D eigenvalue weighted by molar-refractivity contribution is 5.92. The minimum Gasteiger partial charge on any atom is -0.497 e. The fourth-order valence-corrected chi connectivity index (χ4v) is 3.37. The molecule has 3 aromatic rings. The van der Waals surface area contributed by atoms with Crippen LogP contribution >= 0.6 is 0 Å². The van der Waals surface area contributed by atoms with Gasteiger partial charge in [0.2, 0.25) is 5.95 Å². The summed E-state index contributed by atoms with van der Waals surface area (Å²) in [5.74, 6) is 1.59. The van der Waals surface area contributed by atoms with E-state index in [1.54, 1.807) is 7.11 Å². The Morgan fingerprint density at radius 3 is 2.61 bits per heavy atom. The van der Waals surface area contributed by atoms with E-state index >= 15 is 0 Å². The number of benzene rings is 2. The van der Waals surface area contributed by atoms with Gasteiger partial charge in [-0.25, -0.2) is 4.98 Å². The van der Waals surface area contributed by atoms with Crippen LogP contribution < -0.4 is 26.4 Å². The third kappa shape index (κ3) is 6.53. The summed E-state index contributed by atoms with van der Waals surface area (Å²) in [6.07, 6.45) is 2.22. The van der Waals surface area contributed by atoms with Crippen LogP contribution in [0.4, 0.5) is 17.5 Å². The number of nitrogens with two attached hydrogens (primary N) is 2. The number of fused-ring (bicyclic) bond motifs is 1. The SMILES string of the molecule is COc1ccc(N(C)c2nc(NCCOC(=O)[C@@H](N)CCCCN)nc3ccccc23)cc1. The number of hydrogen-bond acceptors (Lipinski definition) is 9. The average molecular weight is 453 g/mol. The molecular formula is C24H32N6O3. The Hall–Kier alpha value is -3.43. The smallest absolute Gasteiger partial charge is 0.322 e. The van der Waals surface area contributed by atoms with Gasteiger partial charge in [-0.3, -0.25) is 4.79 Å². The third-order valence-corrected chi connectivity index (χ3v) is 5.26. The van der Waals surface area contributed by atoms with Gasteiger partial charge in [-0.1, -0.05) is 18.6 Å². The van der Waals surface area contributed by atoms with E-state index in [4.69, 9.17) is 25.9 Å². The van der Waals surface area contributed by atoms with Gasteiger partial charge in [0, 0.05) is 18.1 Å².